The fourth-order valence-corrected chi connectivity index (χ4v) is 2.99. The van der Waals surface area contributed by atoms with E-state index in [-0.39, 0.29) is 6.03 Å². The summed E-state index contributed by atoms with van der Waals surface area (Å²) in [4.78, 5) is 16.7. The minimum Gasteiger partial charge on any atom is -0.373 e. The number of anilines is 2. The number of nitrogens with one attached hydrogen (secondary N) is 1. The maximum absolute atomic E-state index is 12.6. The predicted octanol–water partition coefficient (Wildman–Crippen LogP) is 3.29. The van der Waals surface area contributed by atoms with E-state index < -0.39 is 0 Å². The lowest BCUT2D eigenvalue weighted by Crippen LogP contribution is -2.41. The number of para-hydroxylation sites is 2. The molecule has 0 saturated heterocycles. The molecule has 3 rings (SSSR count). The smallest absolute Gasteiger partial charge is 0.321 e. The normalized spacial score (nSPS) is 14.1. The fraction of sp³-hybridized carbons (Fsp3) is 0.316. The van der Waals surface area contributed by atoms with Crippen LogP contribution >= 0.6 is 0 Å². The highest BCUT2D eigenvalue weighted by Gasteiger charge is 2.22. The molecule has 0 fully saturated rings. The molecule has 0 radical (unpaired) electrons. The highest BCUT2D eigenvalue weighted by Crippen LogP contribution is 2.31. The third kappa shape index (κ3) is 3.65. The van der Waals surface area contributed by atoms with Crippen molar-refractivity contribution in [2.75, 3.05) is 36.5 Å². The Morgan fingerprint density at radius 3 is 2.48 bits per heavy atom. The zero-order valence-corrected chi connectivity index (χ0v) is 13.5. The van der Waals surface area contributed by atoms with E-state index in [9.17, 15) is 4.79 Å². The van der Waals surface area contributed by atoms with Gasteiger partial charge >= 0.3 is 6.03 Å². The van der Waals surface area contributed by atoms with Crippen molar-refractivity contribution in [3.05, 3.63) is 60.2 Å². The lowest BCUT2D eigenvalue weighted by Gasteiger charge is -2.24. The van der Waals surface area contributed by atoms with Crippen LogP contribution in [0.2, 0.25) is 0 Å². The van der Waals surface area contributed by atoms with Gasteiger partial charge in [0.25, 0.3) is 0 Å². The first-order valence-corrected chi connectivity index (χ1v) is 8.15. The number of benzene rings is 2. The predicted molar refractivity (Wildman–Crippen MR) is 95.2 cm³/mol. The second-order valence-corrected chi connectivity index (χ2v) is 5.88. The number of nitrogens with zero attached hydrogens (tertiary/aromatic N) is 2. The summed E-state index contributed by atoms with van der Waals surface area (Å²) in [6.07, 6.45) is 1.82. The SMILES string of the molecule is CN1CCCN(C(=O)NCCc2ccccc2)c2ccccc21. The maximum atomic E-state index is 12.6. The van der Waals surface area contributed by atoms with E-state index in [1.807, 2.05) is 41.3 Å². The van der Waals surface area contributed by atoms with E-state index in [4.69, 9.17) is 0 Å². The van der Waals surface area contributed by atoms with Crippen molar-refractivity contribution in [3.8, 4) is 0 Å². The average Bonchev–Trinajstić information content (AvgIpc) is 2.75. The minimum absolute atomic E-state index is 0.0105. The van der Waals surface area contributed by atoms with Crippen LogP contribution in [0.15, 0.2) is 54.6 Å². The number of rotatable bonds is 3. The Morgan fingerprint density at radius 1 is 1.00 bits per heavy atom. The molecule has 1 aliphatic rings. The first-order chi connectivity index (χ1) is 11.3. The molecule has 0 spiro atoms. The van der Waals surface area contributed by atoms with Crippen molar-refractivity contribution >= 4 is 17.4 Å². The van der Waals surface area contributed by atoms with Gasteiger partial charge in [0.2, 0.25) is 0 Å². The number of fused-ring (bicyclic) bond motifs is 1. The first-order valence-electron chi connectivity index (χ1n) is 8.15. The summed E-state index contributed by atoms with van der Waals surface area (Å²) in [6.45, 7) is 2.36. The van der Waals surface area contributed by atoms with Gasteiger partial charge in [-0.15, -0.1) is 0 Å². The molecule has 4 heteroatoms. The first kappa shape index (κ1) is 15.4. The zero-order valence-electron chi connectivity index (χ0n) is 13.5. The molecule has 0 atom stereocenters. The average molecular weight is 309 g/mol. The van der Waals surface area contributed by atoms with Crippen LogP contribution in [0, 0.1) is 0 Å². The molecular weight excluding hydrogens is 286 g/mol. The van der Waals surface area contributed by atoms with E-state index >= 15 is 0 Å². The summed E-state index contributed by atoms with van der Waals surface area (Å²) < 4.78 is 0. The largest absolute Gasteiger partial charge is 0.373 e. The number of hydrogen-bond donors (Lipinski definition) is 1. The second-order valence-electron chi connectivity index (χ2n) is 5.88. The van der Waals surface area contributed by atoms with Gasteiger partial charge in [-0.25, -0.2) is 4.79 Å². The van der Waals surface area contributed by atoms with Gasteiger partial charge < -0.3 is 10.2 Å². The van der Waals surface area contributed by atoms with Crippen molar-refractivity contribution in [2.24, 2.45) is 0 Å². The Bertz CT molecular complexity index is 657. The second kappa shape index (κ2) is 7.18. The molecular formula is C19H23N3O. The van der Waals surface area contributed by atoms with Gasteiger partial charge in [-0.2, -0.15) is 0 Å². The fourth-order valence-electron chi connectivity index (χ4n) is 2.99. The van der Waals surface area contributed by atoms with E-state index in [0.717, 1.165) is 37.3 Å². The Balaban J connectivity index is 1.66. The Hall–Kier alpha value is -2.49. The minimum atomic E-state index is -0.0105. The topological polar surface area (TPSA) is 35.6 Å². The third-order valence-corrected chi connectivity index (χ3v) is 4.24. The Morgan fingerprint density at radius 2 is 1.70 bits per heavy atom. The van der Waals surface area contributed by atoms with E-state index in [1.165, 1.54) is 5.56 Å². The number of amides is 2. The van der Waals surface area contributed by atoms with Crippen LogP contribution in [0.3, 0.4) is 0 Å². The molecule has 1 N–H and O–H groups in total. The van der Waals surface area contributed by atoms with Gasteiger partial charge in [-0.3, -0.25) is 4.90 Å². The van der Waals surface area contributed by atoms with Crippen LogP contribution in [0.1, 0.15) is 12.0 Å². The van der Waals surface area contributed by atoms with Crippen LogP contribution in [0.25, 0.3) is 0 Å². The van der Waals surface area contributed by atoms with Crippen molar-refractivity contribution in [1.82, 2.24) is 5.32 Å². The van der Waals surface area contributed by atoms with Crippen molar-refractivity contribution < 1.29 is 4.79 Å². The van der Waals surface area contributed by atoms with Crippen LogP contribution in [0.4, 0.5) is 16.2 Å². The highest BCUT2D eigenvalue weighted by molar-refractivity contribution is 5.96. The Kier molecular flexibility index (Phi) is 4.81. The number of carbonyl (C=O) groups excluding carboxylic acids is 1. The molecule has 120 valence electrons. The molecule has 2 amide bonds. The number of carbonyl (C=O) groups is 1. The molecule has 2 aromatic rings. The van der Waals surface area contributed by atoms with Gasteiger partial charge in [0.05, 0.1) is 11.4 Å². The van der Waals surface area contributed by atoms with Crippen LogP contribution in [0.5, 0.6) is 0 Å². The van der Waals surface area contributed by atoms with Gasteiger partial charge in [0, 0.05) is 26.7 Å². The van der Waals surface area contributed by atoms with E-state index in [0.29, 0.717) is 6.54 Å². The summed E-state index contributed by atoms with van der Waals surface area (Å²) >= 11 is 0. The lowest BCUT2D eigenvalue weighted by molar-refractivity contribution is 0.246. The molecule has 1 heterocycles. The Labute approximate surface area is 137 Å². The number of hydrogen-bond acceptors (Lipinski definition) is 2. The molecule has 23 heavy (non-hydrogen) atoms. The van der Waals surface area contributed by atoms with Gasteiger partial charge in [-0.1, -0.05) is 42.5 Å². The molecule has 0 aromatic heterocycles. The molecule has 0 unspecified atom stereocenters. The van der Waals surface area contributed by atoms with Gasteiger partial charge in [0.1, 0.15) is 0 Å². The van der Waals surface area contributed by atoms with Crippen molar-refractivity contribution in [3.63, 3.8) is 0 Å². The monoisotopic (exact) mass is 309 g/mol. The molecule has 1 aliphatic heterocycles. The van der Waals surface area contributed by atoms with Crippen molar-refractivity contribution in [1.29, 1.82) is 0 Å². The van der Waals surface area contributed by atoms with Crippen LogP contribution in [-0.2, 0) is 6.42 Å². The van der Waals surface area contributed by atoms with Gasteiger partial charge in [0.15, 0.2) is 0 Å². The highest BCUT2D eigenvalue weighted by atomic mass is 16.2. The summed E-state index contributed by atoms with van der Waals surface area (Å²) in [6, 6.07) is 18.3. The van der Waals surface area contributed by atoms with Crippen molar-refractivity contribution in [2.45, 2.75) is 12.8 Å². The molecule has 4 nitrogen and oxygen atoms in total. The molecule has 0 aliphatic carbocycles. The number of urea groups is 1. The standard InChI is InChI=1S/C19H23N3O/c1-21-14-7-15-22(18-11-6-5-10-17(18)21)19(23)20-13-12-16-8-3-2-4-9-16/h2-6,8-11H,7,12-15H2,1H3,(H,20,23). The lowest BCUT2D eigenvalue weighted by atomic mass is 10.1. The third-order valence-electron chi connectivity index (χ3n) is 4.24. The van der Waals surface area contributed by atoms with E-state index in [1.54, 1.807) is 0 Å². The van der Waals surface area contributed by atoms with Crippen LogP contribution < -0.4 is 15.1 Å². The summed E-state index contributed by atoms with van der Waals surface area (Å²) in [5, 5.41) is 3.05. The quantitative estimate of drug-likeness (QED) is 0.944. The summed E-state index contributed by atoms with van der Waals surface area (Å²) in [5.41, 5.74) is 3.34. The molecule has 2 aromatic carbocycles. The van der Waals surface area contributed by atoms with E-state index in [2.05, 4.69) is 35.5 Å². The summed E-state index contributed by atoms with van der Waals surface area (Å²) in [5.74, 6) is 0. The van der Waals surface area contributed by atoms with Gasteiger partial charge in [-0.05, 0) is 30.5 Å². The molecule has 0 bridgehead atoms. The zero-order chi connectivity index (χ0) is 16.1. The summed E-state index contributed by atoms with van der Waals surface area (Å²) in [7, 11) is 2.08. The van der Waals surface area contributed by atoms with Crippen LogP contribution in [-0.4, -0.2) is 32.7 Å². The maximum Gasteiger partial charge on any atom is 0.321 e. The molecule has 0 saturated carbocycles.